The zero-order valence-corrected chi connectivity index (χ0v) is 11.2. The molecule has 1 aromatic heterocycles. The number of nitrogens with one attached hydrogen (secondary N) is 1. The lowest BCUT2D eigenvalue weighted by atomic mass is 10.3. The fourth-order valence-corrected chi connectivity index (χ4v) is 2.57. The number of benzene rings is 1. The van der Waals surface area contributed by atoms with Gasteiger partial charge in [-0.2, -0.15) is 0 Å². The number of thiazole rings is 1. The van der Waals surface area contributed by atoms with E-state index in [1.807, 2.05) is 14.0 Å². The molecule has 0 fully saturated rings. The summed E-state index contributed by atoms with van der Waals surface area (Å²) in [5, 5.41) is 3.95. The van der Waals surface area contributed by atoms with Gasteiger partial charge in [-0.15, -0.1) is 11.3 Å². The molecule has 0 radical (unpaired) electrons. The van der Waals surface area contributed by atoms with Gasteiger partial charge in [0.05, 0.1) is 5.69 Å². The van der Waals surface area contributed by atoms with E-state index in [4.69, 9.17) is 4.74 Å². The van der Waals surface area contributed by atoms with Crippen molar-refractivity contribution in [3.8, 4) is 5.75 Å². The van der Waals surface area contributed by atoms with Gasteiger partial charge in [-0.3, -0.25) is 0 Å². The summed E-state index contributed by atoms with van der Waals surface area (Å²) in [5.41, 5.74) is 1.00. The highest BCUT2D eigenvalue weighted by Gasteiger charge is 2.08. The van der Waals surface area contributed by atoms with Crippen molar-refractivity contribution in [1.29, 1.82) is 0 Å². The van der Waals surface area contributed by atoms with Crippen LogP contribution in [0.1, 0.15) is 15.6 Å². The molecule has 0 bridgehead atoms. The molecule has 2 aromatic rings. The minimum absolute atomic E-state index is 0.264. The fourth-order valence-electron chi connectivity index (χ4n) is 1.58. The Balaban J connectivity index is 2.02. The molecular weight excluding hydrogens is 251 g/mol. The maximum atomic E-state index is 13.3. The Labute approximate surface area is 110 Å². The molecule has 1 N–H and O–H groups in total. The molecule has 2 rings (SSSR count). The molecule has 18 heavy (non-hydrogen) atoms. The quantitative estimate of drug-likeness (QED) is 0.903. The molecule has 0 aliphatic rings. The van der Waals surface area contributed by atoms with Crippen molar-refractivity contribution in [2.45, 2.75) is 20.1 Å². The molecule has 0 aliphatic carbocycles. The van der Waals surface area contributed by atoms with Gasteiger partial charge in [0.2, 0.25) is 0 Å². The van der Waals surface area contributed by atoms with Gasteiger partial charge in [0, 0.05) is 11.4 Å². The number of hydrogen-bond acceptors (Lipinski definition) is 4. The van der Waals surface area contributed by atoms with E-state index < -0.39 is 0 Å². The van der Waals surface area contributed by atoms with E-state index in [2.05, 4.69) is 10.3 Å². The number of aryl methyl sites for hydroxylation is 1. The van der Waals surface area contributed by atoms with Crippen LogP contribution >= 0.6 is 11.3 Å². The Morgan fingerprint density at radius 1 is 1.39 bits per heavy atom. The second kappa shape index (κ2) is 5.93. The van der Waals surface area contributed by atoms with Gasteiger partial charge in [-0.1, -0.05) is 12.1 Å². The molecule has 5 heteroatoms. The molecule has 0 spiro atoms. The van der Waals surface area contributed by atoms with Gasteiger partial charge in [-0.05, 0) is 26.1 Å². The first kappa shape index (κ1) is 13.0. The first-order valence-electron chi connectivity index (χ1n) is 5.68. The summed E-state index contributed by atoms with van der Waals surface area (Å²) in [6, 6.07) is 6.39. The predicted molar refractivity (Wildman–Crippen MR) is 70.3 cm³/mol. The first-order chi connectivity index (χ1) is 8.70. The van der Waals surface area contributed by atoms with Crippen molar-refractivity contribution < 1.29 is 9.13 Å². The second-order valence-corrected chi connectivity index (χ2v) is 5.03. The van der Waals surface area contributed by atoms with Gasteiger partial charge in [0.1, 0.15) is 11.6 Å². The van der Waals surface area contributed by atoms with E-state index in [0.29, 0.717) is 6.61 Å². The molecule has 0 saturated heterocycles. The van der Waals surface area contributed by atoms with Crippen LogP contribution in [-0.4, -0.2) is 12.0 Å². The van der Waals surface area contributed by atoms with Crippen molar-refractivity contribution in [3.05, 3.63) is 45.7 Å². The number of nitrogens with zero attached hydrogens (tertiary/aromatic N) is 1. The lowest BCUT2D eigenvalue weighted by Gasteiger charge is -2.04. The standard InChI is InChI=1S/C13H15FN2OS/c1-9-12(7-15-2)18-13(16-9)8-17-11-6-4-3-5-10(11)14/h3-6,15H,7-8H2,1-2H3. The Kier molecular flexibility index (Phi) is 4.28. The van der Waals surface area contributed by atoms with E-state index in [9.17, 15) is 4.39 Å². The number of aromatic nitrogens is 1. The SMILES string of the molecule is CNCc1sc(COc2ccccc2F)nc1C. The topological polar surface area (TPSA) is 34.1 Å². The predicted octanol–water partition coefficient (Wildman–Crippen LogP) is 2.89. The lowest BCUT2D eigenvalue weighted by molar-refractivity contribution is 0.289. The molecule has 96 valence electrons. The molecule has 0 atom stereocenters. The Morgan fingerprint density at radius 3 is 2.89 bits per heavy atom. The summed E-state index contributed by atoms with van der Waals surface area (Å²) < 4.78 is 18.8. The van der Waals surface area contributed by atoms with Crippen molar-refractivity contribution in [2.24, 2.45) is 0 Å². The minimum Gasteiger partial charge on any atom is -0.483 e. The molecule has 0 unspecified atom stereocenters. The summed E-state index contributed by atoms with van der Waals surface area (Å²) in [4.78, 5) is 5.59. The fraction of sp³-hybridized carbons (Fsp3) is 0.308. The van der Waals surface area contributed by atoms with Crippen LogP contribution in [0.15, 0.2) is 24.3 Å². The van der Waals surface area contributed by atoms with Crippen LogP contribution < -0.4 is 10.1 Å². The Bertz CT molecular complexity index is 527. The summed E-state index contributed by atoms with van der Waals surface area (Å²) >= 11 is 1.59. The van der Waals surface area contributed by atoms with Crippen LogP contribution in [0.3, 0.4) is 0 Å². The zero-order chi connectivity index (χ0) is 13.0. The highest BCUT2D eigenvalue weighted by Crippen LogP contribution is 2.21. The van der Waals surface area contributed by atoms with Gasteiger partial charge in [0.15, 0.2) is 11.6 Å². The van der Waals surface area contributed by atoms with Crippen LogP contribution in [0.4, 0.5) is 4.39 Å². The second-order valence-electron chi connectivity index (χ2n) is 3.87. The third-order valence-electron chi connectivity index (χ3n) is 2.46. The minimum atomic E-state index is -0.346. The number of ether oxygens (including phenoxy) is 1. The zero-order valence-electron chi connectivity index (χ0n) is 10.4. The molecule has 0 aliphatic heterocycles. The highest BCUT2D eigenvalue weighted by atomic mass is 32.1. The highest BCUT2D eigenvalue weighted by molar-refractivity contribution is 7.11. The molecule has 3 nitrogen and oxygen atoms in total. The Hall–Kier alpha value is -1.46. The summed E-state index contributed by atoms with van der Waals surface area (Å²) in [6.07, 6.45) is 0. The van der Waals surface area contributed by atoms with E-state index >= 15 is 0 Å². The summed E-state index contributed by atoms with van der Waals surface area (Å²) in [5.74, 6) is -0.0817. The number of halogens is 1. The molecule has 1 aromatic carbocycles. The van der Waals surface area contributed by atoms with Gasteiger partial charge >= 0.3 is 0 Å². The first-order valence-corrected chi connectivity index (χ1v) is 6.49. The lowest BCUT2D eigenvalue weighted by Crippen LogP contribution is -2.04. The van der Waals surface area contributed by atoms with Crippen LogP contribution in [0.5, 0.6) is 5.75 Å². The third kappa shape index (κ3) is 3.05. The van der Waals surface area contributed by atoms with Crippen LogP contribution in [0.25, 0.3) is 0 Å². The monoisotopic (exact) mass is 266 g/mol. The molecule has 0 amide bonds. The maximum Gasteiger partial charge on any atom is 0.165 e. The third-order valence-corrected chi connectivity index (χ3v) is 3.59. The van der Waals surface area contributed by atoms with E-state index in [0.717, 1.165) is 17.2 Å². The smallest absolute Gasteiger partial charge is 0.165 e. The van der Waals surface area contributed by atoms with Crippen molar-refractivity contribution in [1.82, 2.24) is 10.3 Å². The van der Waals surface area contributed by atoms with Gasteiger partial charge in [-0.25, -0.2) is 9.37 Å². The van der Waals surface area contributed by atoms with Gasteiger partial charge < -0.3 is 10.1 Å². The van der Waals surface area contributed by atoms with Crippen molar-refractivity contribution in [2.75, 3.05) is 7.05 Å². The molecular formula is C13H15FN2OS. The summed E-state index contributed by atoms with van der Waals surface area (Å²) in [7, 11) is 1.90. The number of rotatable bonds is 5. The van der Waals surface area contributed by atoms with E-state index in [1.54, 1.807) is 29.5 Å². The van der Waals surface area contributed by atoms with Crippen LogP contribution in [-0.2, 0) is 13.2 Å². The van der Waals surface area contributed by atoms with Crippen LogP contribution in [0, 0.1) is 12.7 Å². The van der Waals surface area contributed by atoms with Crippen molar-refractivity contribution in [3.63, 3.8) is 0 Å². The normalized spacial score (nSPS) is 10.6. The average molecular weight is 266 g/mol. The molecule has 1 heterocycles. The summed E-state index contributed by atoms with van der Waals surface area (Å²) in [6.45, 7) is 3.06. The maximum absolute atomic E-state index is 13.3. The largest absolute Gasteiger partial charge is 0.483 e. The van der Waals surface area contributed by atoms with Crippen LogP contribution in [0.2, 0.25) is 0 Å². The van der Waals surface area contributed by atoms with E-state index in [1.165, 1.54) is 10.9 Å². The number of para-hydroxylation sites is 1. The number of hydrogen-bond donors (Lipinski definition) is 1. The average Bonchev–Trinajstić information content (AvgIpc) is 2.70. The Morgan fingerprint density at radius 2 is 2.17 bits per heavy atom. The van der Waals surface area contributed by atoms with Gasteiger partial charge in [0.25, 0.3) is 0 Å². The van der Waals surface area contributed by atoms with Crippen molar-refractivity contribution >= 4 is 11.3 Å². The molecule has 0 saturated carbocycles. The van der Waals surface area contributed by atoms with E-state index in [-0.39, 0.29) is 11.6 Å².